The summed E-state index contributed by atoms with van der Waals surface area (Å²) >= 11 is 0. The molecule has 1 N–H and O–H groups in total. The number of anilines is 1. The molecule has 0 radical (unpaired) electrons. The van der Waals surface area contributed by atoms with E-state index in [1.165, 1.54) is 5.56 Å². The number of hydrogen-bond acceptors (Lipinski definition) is 6. The van der Waals surface area contributed by atoms with Gasteiger partial charge in [0, 0.05) is 29.3 Å². The zero-order valence-corrected chi connectivity index (χ0v) is 21.6. The van der Waals surface area contributed by atoms with Crippen LogP contribution in [0.4, 0.5) is 5.69 Å². The van der Waals surface area contributed by atoms with E-state index in [1.54, 1.807) is 38.5 Å². The van der Waals surface area contributed by atoms with Gasteiger partial charge in [0.1, 0.15) is 0 Å². The molecule has 2 unspecified atom stereocenters. The predicted molar refractivity (Wildman–Crippen MR) is 143 cm³/mol. The van der Waals surface area contributed by atoms with Gasteiger partial charge in [0.25, 0.3) is 0 Å². The highest BCUT2D eigenvalue weighted by atomic mass is 32.2. The van der Waals surface area contributed by atoms with Gasteiger partial charge in [0.15, 0.2) is 11.5 Å². The first-order valence-corrected chi connectivity index (χ1v) is 13.7. The molecule has 1 fully saturated rings. The van der Waals surface area contributed by atoms with E-state index in [0.717, 1.165) is 41.9 Å². The summed E-state index contributed by atoms with van der Waals surface area (Å²) < 4.78 is 39.2. The lowest BCUT2D eigenvalue weighted by atomic mass is 9.79. The molecule has 1 saturated heterocycles. The monoisotopic (exact) mass is 505 g/mol. The highest BCUT2D eigenvalue weighted by Gasteiger charge is 2.36. The lowest BCUT2D eigenvalue weighted by Crippen LogP contribution is -2.41. The fourth-order valence-electron chi connectivity index (χ4n) is 5.14. The van der Waals surface area contributed by atoms with Gasteiger partial charge >= 0.3 is 0 Å². The van der Waals surface area contributed by atoms with E-state index in [0.29, 0.717) is 17.2 Å². The second-order valence-electron chi connectivity index (χ2n) is 9.42. The summed E-state index contributed by atoms with van der Waals surface area (Å²) in [5.74, 6) is 1.59. The van der Waals surface area contributed by atoms with E-state index in [1.807, 2.05) is 36.4 Å². The van der Waals surface area contributed by atoms with Crippen LogP contribution in [0.15, 0.2) is 71.7 Å². The summed E-state index contributed by atoms with van der Waals surface area (Å²) in [6.45, 7) is 1.94. The third-order valence-corrected chi connectivity index (χ3v) is 8.18. The summed E-state index contributed by atoms with van der Waals surface area (Å²) in [5, 5.41) is 0. The molecule has 7 nitrogen and oxygen atoms in total. The minimum atomic E-state index is -3.53. The molecule has 188 valence electrons. The molecule has 36 heavy (non-hydrogen) atoms. The second-order valence-corrected chi connectivity index (χ2v) is 11.1. The first-order chi connectivity index (χ1) is 17.4. The Bertz CT molecular complexity index is 1370. The first-order valence-electron chi connectivity index (χ1n) is 12.0. The van der Waals surface area contributed by atoms with E-state index >= 15 is 0 Å². The number of rotatable bonds is 7. The van der Waals surface area contributed by atoms with E-state index in [-0.39, 0.29) is 17.7 Å². The average molecular weight is 506 g/mol. The van der Waals surface area contributed by atoms with Crippen molar-refractivity contribution in [2.75, 3.05) is 39.1 Å². The van der Waals surface area contributed by atoms with Crippen molar-refractivity contribution in [3.05, 3.63) is 89.0 Å². The topological polar surface area (TPSA) is 80.2 Å². The molecular weight excluding hydrogens is 474 g/mol. The summed E-state index contributed by atoms with van der Waals surface area (Å²) in [6, 6.07) is 20.9. The Hall–Kier alpha value is -3.36. The van der Waals surface area contributed by atoms with E-state index in [9.17, 15) is 8.42 Å². The number of methoxy groups -OCH3 is 2. The third-order valence-electron chi connectivity index (χ3n) is 6.92. The Morgan fingerprint density at radius 1 is 1.00 bits per heavy atom. The Morgan fingerprint density at radius 2 is 1.69 bits per heavy atom. The number of benzene rings is 3. The maximum atomic E-state index is 12.7. The maximum Gasteiger partial charge on any atom is 0.236 e. The largest absolute Gasteiger partial charge is 0.493 e. The van der Waals surface area contributed by atoms with Crippen LogP contribution in [-0.2, 0) is 15.8 Å². The van der Waals surface area contributed by atoms with Gasteiger partial charge < -0.3 is 14.4 Å². The summed E-state index contributed by atoms with van der Waals surface area (Å²) in [5.41, 5.74) is 5.34. The lowest BCUT2D eigenvalue weighted by molar-refractivity contribution is 0.227. The van der Waals surface area contributed by atoms with Gasteiger partial charge in [-0.3, -0.25) is 9.71 Å². The zero-order chi connectivity index (χ0) is 25.3. The minimum absolute atomic E-state index is 0.0746. The normalized spacial score (nSPS) is 19.6. The first kappa shape index (κ1) is 24.3. The number of nitrogens with one attached hydrogen (secondary N) is 1. The van der Waals surface area contributed by atoms with Crippen LogP contribution < -0.4 is 14.2 Å². The highest BCUT2D eigenvalue weighted by molar-refractivity contribution is 7.91. The number of ether oxygens (including phenoxy) is 2. The number of nitrogens with zero attached hydrogens (tertiary/aromatic N) is 2. The number of fused-ring (bicyclic) bond motifs is 3. The van der Waals surface area contributed by atoms with Crippen LogP contribution in [-0.4, -0.2) is 59.4 Å². The molecule has 3 aromatic carbocycles. The summed E-state index contributed by atoms with van der Waals surface area (Å²) in [6.07, 6.45) is 0.982. The van der Waals surface area contributed by atoms with Crippen molar-refractivity contribution in [3.63, 3.8) is 0 Å². The Kier molecular flexibility index (Phi) is 6.73. The van der Waals surface area contributed by atoms with Gasteiger partial charge in [-0.05, 0) is 55.4 Å². The summed E-state index contributed by atoms with van der Waals surface area (Å²) in [7, 11) is 1.91. The van der Waals surface area contributed by atoms with Crippen LogP contribution in [0, 0.1) is 0 Å². The highest BCUT2D eigenvalue weighted by Crippen LogP contribution is 2.42. The standard InChI is InChI=1S/C28H31N3O4S/c1-31-14-13-25-24(17-31)22-15-26(34-2)27(35-3)16-23(22)28(29-25)20-9-11-21(12-10-20)30-36(32,33)18-19-7-5-4-6-8-19/h4-12,15-16,24-25,30H,13-14,17-18H2,1-3H3. The third kappa shape index (κ3) is 4.96. The van der Waals surface area contributed by atoms with Crippen molar-refractivity contribution in [2.24, 2.45) is 4.99 Å². The van der Waals surface area contributed by atoms with Crippen molar-refractivity contribution >= 4 is 21.4 Å². The Labute approximate surface area is 212 Å². The van der Waals surface area contributed by atoms with Crippen LogP contribution in [0.25, 0.3) is 0 Å². The molecule has 2 aliphatic rings. The molecule has 2 aliphatic heterocycles. The molecule has 0 bridgehead atoms. The molecule has 5 rings (SSSR count). The van der Waals surface area contributed by atoms with E-state index < -0.39 is 10.0 Å². The van der Waals surface area contributed by atoms with Crippen LogP contribution in [0.5, 0.6) is 11.5 Å². The molecule has 2 atom stereocenters. The Balaban J connectivity index is 1.46. The van der Waals surface area contributed by atoms with Gasteiger partial charge in [0.05, 0.1) is 31.7 Å². The molecule has 8 heteroatoms. The molecule has 0 amide bonds. The molecule has 2 heterocycles. The summed E-state index contributed by atoms with van der Waals surface area (Å²) in [4.78, 5) is 7.54. The van der Waals surface area contributed by atoms with Crippen LogP contribution in [0.3, 0.4) is 0 Å². The van der Waals surface area contributed by atoms with Crippen molar-refractivity contribution in [3.8, 4) is 11.5 Å². The van der Waals surface area contributed by atoms with Crippen LogP contribution in [0.2, 0.25) is 0 Å². The number of hydrogen-bond donors (Lipinski definition) is 1. The number of piperidine rings is 1. The van der Waals surface area contributed by atoms with Gasteiger partial charge in [-0.2, -0.15) is 0 Å². The quantitative estimate of drug-likeness (QED) is 0.518. The fraction of sp³-hybridized carbons (Fsp3) is 0.321. The van der Waals surface area contributed by atoms with E-state index in [4.69, 9.17) is 14.5 Å². The molecule has 0 spiro atoms. The molecule has 0 saturated carbocycles. The smallest absolute Gasteiger partial charge is 0.236 e. The van der Waals surface area contributed by atoms with Crippen molar-refractivity contribution in [1.82, 2.24) is 4.90 Å². The fourth-order valence-corrected chi connectivity index (χ4v) is 6.34. The minimum Gasteiger partial charge on any atom is -0.493 e. The van der Waals surface area contributed by atoms with E-state index in [2.05, 4.69) is 22.7 Å². The Morgan fingerprint density at radius 3 is 2.39 bits per heavy atom. The van der Waals surface area contributed by atoms with Crippen molar-refractivity contribution in [2.45, 2.75) is 24.1 Å². The lowest BCUT2D eigenvalue weighted by Gasteiger charge is -2.39. The second kappa shape index (κ2) is 9.95. The molecule has 3 aromatic rings. The SMILES string of the molecule is COc1cc2c(cc1OC)C1CN(C)CCC1N=C2c1ccc(NS(=O)(=O)Cc2ccccc2)cc1. The van der Waals surface area contributed by atoms with Gasteiger partial charge in [0.2, 0.25) is 10.0 Å². The molecule has 0 aromatic heterocycles. The molecular formula is C28H31N3O4S. The van der Waals surface area contributed by atoms with Crippen LogP contribution >= 0.6 is 0 Å². The maximum absolute atomic E-state index is 12.7. The predicted octanol–water partition coefficient (Wildman–Crippen LogP) is 4.28. The van der Waals surface area contributed by atoms with Gasteiger partial charge in [-0.1, -0.05) is 42.5 Å². The van der Waals surface area contributed by atoms with Crippen molar-refractivity contribution < 1.29 is 17.9 Å². The van der Waals surface area contributed by atoms with Crippen molar-refractivity contribution in [1.29, 1.82) is 0 Å². The number of likely N-dealkylation sites (tertiary alicyclic amines) is 1. The molecule has 0 aliphatic carbocycles. The van der Waals surface area contributed by atoms with Gasteiger partial charge in [-0.15, -0.1) is 0 Å². The zero-order valence-electron chi connectivity index (χ0n) is 20.8. The van der Waals surface area contributed by atoms with Gasteiger partial charge in [-0.25, -0.2) is 8.42 Å². The number of sulfonamides is 1. The average Bonchev–Trinajstić information content (AvgIpc) is 2.88. The number of likely N-dealkylation sites (N-methyl/N-ethyl adjacent to an activating group) is 1. The number of aliphatic imine (C=N–C) groups is 1. The van der Waals surface area contributed by atoms with Crippen LogP contribution in [0.1, 0.15) is 34.6 Å².